The SMILES string of the molecule is Cc1cccc(-c2nccn2CCCCCCN)n1. The Hall–Kier alpha value is -1.68. The van der Waals surface area contributed by atoms with Gasteiger partial charge in [-0.25, -0.2) is 9.97 Å². The molecule has 2 rings (SSSR count). The van der Waals surface area contributed by atoms with Crippen LogP contribution in [0, 0.1) is 6.92 Å². The summed E-state index contributed by atoms with van der Waals surface area (Å²) in [6, 6.07) is 6.04. The lowest BCUT2D eigenvalue weighted by atomic mass is 10.2. The highest BCUT2D eigenvalue weighted by atomic mass is 15.1. The molecule has 2 aromatic rings. The van der Waals surface area contributed by atoms with Crippen LogP contribution in [0.3, 0.4) is 0 Å². The van der Waals surface area contributed by atoms with Crippen molar-refractivity contribution < 1.29 is 0 Å². The minimum Gasteiger partial charge on any atom is -0.330 e. The molecule has 0 amide bonds. The fourth-order valence-electron chi connectivity index (χ4n) is 2.17. The van der Waals surface area contributed by atoms with E-state index in [1.807, 2.05) is 37.5 Å². The summed E-state index contributed by atoms with van der Waals surface area (Å²) in [7, 11) is 0. The lowest BCUT2D eigenvalue weighted by Gasteiger charge is -2.07. The van der Waals surface area contributed by atoms with Crippen LogP contribution in [0.15, 0.2) is 30.6 Å². The zero-order valence-corrected chi connectivity index (χ0v) is 11.5. The van der Waals surface area contributed by atoms with Gasteiger partial charge in [0.05, 0.1) is 0 Å². The first-order valence-corrected chi connectivity index (χ1v) is 6.96. The van der Waals surface area contributed by atoms with Gasteiger partial charge in [0.1, 0.15) is 5.69 Å². The molecule has 0 saturated heterocycles. The van der Waals surface area contributed by atoms with Crippen molar-refractivity contribution in [2.75, 3.05) is 6.54 Å². The molecule has 0 radical (unpaired) electrons. The normalized spacial score (nSPS) is 10.8. The van der Waals surface area contributed by atoms with Crippen LogP contribution >= 0.6 is 0 Å². The number of unbranched alkanes of at least 4 members (excludes halogenated alkanes) is 3. The van der Waals surface area contributed by atoms with E-state index in [2.05, 4.69) is 14.5 Å². The van der Waals surface area contributed by atoms with Gasteiger partial charge in [-0.15, -0.1) is 0 Å². The second-order valence-electron chi connectivity index (χ2n) is 4.81. The number of pyridine rings is 1. The van der Waals surface area contributed by atoms with E-state index < -0.39 is 0 Å². The smallest absolute Gasteiger partial charge is 0.158 e. The first-order valence-electron chi connectivity index (χ1n) is 6.96. The van der Waals surface area contributed by atoms with E-state index in [-0.39, 0.29) is 0 Å². The largest absolute Gasteiger partial charge is 0.330 e. The Morgan fingerprint density at radius 3 is 2.79 bits per heavy atom. The average molecular weight is 258 g/mol. The van der Waals surface area contributed by atoms with Crippen molar-refractivity contribution >= 4 is 0 Å². The van der Waals surface area contributed by atoms with Crippen LogP contribution in [0.25, 0.3) is 11.5 Å². The Balaban J connectivity index is 1.98. The van der Waals surface area contributed by atoms with Gasteiger partial charge in [0.15, 0.2) is 5.82 Å². The monoisotopic (exact) mass is 258 g/mol. The molecule has 4 nitrogen and oxygen atoms in total. The van der Waals surface area contributed by atoms with Crippen molar-refractivity contribution in [3.05, 3.63) is 36.3 Å². The van der Waals surface area contributed by atoms with Crippen LogP contribution in [-0.4, -0.2) is 21.1 Å². The molecule has 0 aromatic carbocycles. The summed E-state index contributed by atoms with van der Waals surface area (Å²) in [5.41, 5.74) is 7.47. The molecule has 2 heterocycles. The zero-order valence-electron chi connectivity index (χ0n) is 11.5. The molecular weight excluding hydrogens is 236 g/mol. The lowest BCUT2D eigenvalue weighted by molar-refractivity contribution is 0.577. The first-order chi connectivity index (χ1) is 9.31. The van der Waals surface area contributed by atoms with Crippen molar-refractivity contribution in [1.29, 1.82) is 0 Å². The van der Waals surface area contributed by atoms with Crippen LogP contribution in [0.2, 0.25) is 0 Å². The van der Waals surface area contributed by atoms with Crippen molar-refractivity contribution in [2.24, 2.45) is 5.73 Å². The molecule has 19 heavy (non-hydrogen) atoms. The number of hydrogen-bond donors (Lipinski definition) is 1. The van der Waals surface area contributed by atoms with E-state index in [0.29, 0.717) is 0 Å². The van der Waals surface area contributed by atoms with Gasteiger partial charge < -0.3 is 10.3 Å². The third-order valence-corrected chi connectivity index (χ3v) is 3.19. The van der Waals surface area contributed by atoms with Gasteiger partial charge in [-0.05, 0) is 38.4 Å². The summed E-state index contributed by atoms with van der Waals surface area (Å²) < 4.78 is 2.18. The summed E-state index contributed by atoms with van der Waals surface area (Å²) >= 11 is 0. The summed E-state index contributed by atoms with van der Waals surface area (Å²) in [5, 5.41) is 0. The maximum atomic E-state index is 5.50. The number of aryl methyl sites for hydroxylation is 2. The molecule has 2 aromatic heterocycles. The molecule has 4 heteroatoms. The summed E-state index contributed by atoms with van der Waals surface area (Å²) in [4.78, 5) is 8.96. The average Bonchev–Trinajstić information content (AvgIpc) is 2.87. The Labute approximate surface area is 114 Å². The third-order valence-electron chi connectivity index (χ3n) is 3.19. The van der Waals surface area contributed by atoms with Crippen molar-refractivity contribution in [3.63, 3.8) is 0 Å². The fourth-order valence-corrected chi connectivity index (χ4v) is 2.17. The number of nitrogens with zero attached hydrogens (tertiary/aromatic N) is 3. The van der Waals surface area contributed by atoms with Crippen LogP contribution in [0.1, 0.15) is 31.4 Å². The molecule has 2 N–H and O–H groups in total. The first kappa shape index (κ1) is 13.7. The van der Waals surface area contributed by atoms with E-state index >= 15 is 0 Å². The van der Waals surface area contributed by atoms with Crippen molar-refractivity contribution in [2.45, 2.75) is 39.2 Å². The predicted octanol–water partition coefficient (Wildman–Crippen LogP) is 2.77. The standard InChI is InChI=1S/C15H22N4/c1-13-7-6-8-14(18-13)15-17-10-12-19(15)11-5-3-2-4-9-16/h6-8,10,12H,2-5,9,11,16H2,1H3. The molecule has 0 spiro atoms. The molecule has 0 bridgehead atoms. The predicted molar refractivity (Wildman–Crippen MR) is 77.7 cm³/mol. The van der Waals surface area contributed by atoms with E-state index in [1.54, 1.807) is 0 Å². The number of rotatable bonds is 7. The Morgan fingerprint density at radius 2 is 2.00 bits per heavy atom. The van der Waals surface area contributed by atoms with Crippen LogP contribution in [-0.2, 0) is 6.54 Å². The fraction of sp³-hybridized carbons (Fsp3) is 0.467. The molecule has 0 aliphatic rings. The minimum atomic E-state index is 0.795. The maximum absolute atomic E-state index is 5.50. The third kappa shape index (κ3) is 3.89. The highest BCUT2D eigenvalue weighted by Crippen LogP contribution is 2.16. The Morgan fingerprint density at radius 1 is 1.16 bits per heavy atom. The van der Waals surface area contributed by atoms with Gasteiger partial charge in [-0.1, -0.05) is 18.9 Å². The number of nitrogens with two attached hydrogens (primary N) is 1. The maximum Gasteiger partial charge on any atom is 0.158 e. The van der Waals surface area contributed by atoms with Gasteiger partial charge in [-0.2, -0.15) is 0 Å². The molecule has 0 fully saturated rings. The molecule has 0 unspecified atom stereocenters. The summed E-state index contributed by atoms with van der Waals surface area (Å²) in [6.07, 6.45) is 8.59. The molecular formula is C15H22N4. The quantitative estimate of drug-likeness (QED) is 0.777. The number of aromatic nitrogens is 3. The van der Waals surface area contributed by atoms with Crippen LogP contribution in [0.5, 0.6) is 0 Å². The van der Waals surface area contributed by atoms with E-state index in [9.17, 15) is 0 Å². The second-order valence-corrected chi connectivity index (χ2v) is 4.81. The summed E-state index contributed by atoms with van der Waals surface area (Å²) in [5.74, 6) is 0.961. The molecule has 0 aliphatic heterocycles. The Kier molecular flexibility index (Phi) is 5.10. The second kappa shape index (κ2) is 7.04. The van der Waals surface area contributed by atoms with Crippen LogP contribution in [0.4, 0.5) is 0 Å². The van der Waals surface area contributed by atoms with E-state index in [4.69, 9.17) is 5.73 Å². The summed E-state index contributed by atoms with van der Waals surface area (Å²) in [6.45, 7) is 3.79. The topological polar surface area (TPSA) is 56.7 Å². The van der Waals surface area contributed by atoms with E-state index in [1.165, 1.54) is 12.8 Å². The minimum absolute atomic E-state index is 0.795. The van der Waals surface area contributed by atoms with Gasteiger partial charge >= 0.3 is 0 Å². The molecule has 0 atom stereocenters. The number of imidazole rings is 1. The highest BCUT2D eigenvalue weighted by molar-refractivity contribution is 5.49. The van der Waals surface area contributed by atoms with Crippen molar-refractivity contribution in [3.8, 4) is 11.5 Å². The Bertz CT molecular complexity index is 504. The lowest BCUT2D eigenvalue weighted by Crippen LogP contribution is -2.02. The van der Waals surface area contributed by atoms with Gasteiger partial charge in [0.2, 0.25) is 0 Å². The molecule has 0 aliphatic carbocycles. The van der Waals surface area contributed by atoms with Gasteiger partial charge in [0, 0.05) is 24.6 Å². The van der Waals surface area contributed by atoms with Gasteiger partial charge in [0.25, 0.3) is 0 Å². The van der Waals surface area contributed by atoms with Crippen LogP contribution < -0.4 is 5.73 Å². The molecule has 0 saturated carbocycles. The highest BCUT2D eigenvalue weighted by Gasteiger charge is 2.06. The zero-order chi connectivity index (χ0) is 13.5. The van der Waals surface area contributed by atoms with E-state index in [0.717, 1.165) is 43.1 Å². The van der Waals surface area contributed by atoms with Crippen molar-refractivity contribution in [1.82, 2.24) is 14.5 Å². The number of hydrogen-bond acceptors (Lipinski definition) is 3. The molecule has 102 valence electrons. The van der Waals surface area contributed by atoms with Gasteiger partial charge in [-0.3, -0.25) is 0 Å².